The Morgan fingerprint density at radius 1 is 1.22 bits per heavy atom. The lowest BCUT2D eigenvalue weighted by Gasteiger charge is -2.12. The highest BCUT2D eigenvalue weighted by molar-refractivity contribution is 5.82. The number of allylic oxidation sites excluding steroid dienone is 1. The number of nitrogens with one attached hydrogen (secondary N) is 1. The molecule has 0 radical (unpaired) electrons. The normalized spacial score (nSPS) is 12.2. The highest BCUT2D eigenvalue weighted by atomic mass is 14.9. The maximum atomic E-state index is 4.37. The van der Waals surface area contributed by atoms with Crippen LogP contribution in [0.3, 0.4) is 0 Å². The molecule has 2 rings (SSSR count). The number of imidazole rings is 1. The number of hydrogen-bond donors (Lipinski definition) is 1. The zero-order valence-corrected chi connectivity index (χ0v) is 11.5. The molecule has 18 heavy (non-hydrogen) atoms. The zero-order chi connectivity index (χ0) is 13.1. The fraction of sp³-hybridized carbons (Fsp3) is 0.312. The van der Waals surface area contributed by atoms with Crippen LogP contribution in [0.5, 0.6) is 0 Å². The van der Waals surface area contributed by atoms with Crippen molar-refractivity contribution in [2.24, 2.45) is 5.92 Å². The summed E-state index contributed by atoms with van der Waals surface area (Å²) in [5.41, 5.74) is 6.23. The Hall–Kier alpha value is -1.83. The minimum absolute atomic E-state index is 0.451. The van der Waals surface area contributed by atoms with Crippen LogP contribution in [0.4, 0.5) is 0 Å². The number of benzene rings is 1. The van der Waals surface area contributed by atoms with Gasteiger partial charge in [-0.25, -0.2) is 4.98 Å². The van der Waals surface area contributed by atoms with Crippen molar-refractivity contribution in [1.82, 2.24) is 9.97 Å². The van der Waals surface area contributed by atoms with Gasteiger partial charge in [0.2, 0.25) is 0 Å². The molecule has 0 aliphatic heterocycles. The molecule has 0 unspecified atom stereocenters. The second-order valence-corrected chi connectivity index (χ2v) is 5.01. The Balaban J connectivity index is 2.52. The molecule has 1 aromatic carbocycles. The molecule has 94 valence electrons. The molecular formula is C16H20N2. The first-order valence-electron chi connectivity index (χ1n) is 6.36. The van der Waals surface area contributed by atoms with Crippen molar-refractivity contribution in [3.63, 3.8) is 0 Å². The summed E-state index contributed by atoms with van der Waals surface area (Å²) in [6.45, 7) is 8.71. The van der Waals surface area contributed by atoms with Crippen LogP contribution in [0.25, 0.3) is 11.6 Å². The Kier molecular flexibility index (Phi) is 3.66. The minimum atomic E-state index is 0.451. The van der Waals surface area contributed by atoms with Crippen LogP contribution in [0.2, 0.25) is 0 Å². The molecule has 2 aromatic rings. The van der Waals surface area contributed by atoms with Gasteiger partial charge in [-0.1, -0.05) is 32.0 Å². The molecular weight excluding hydrogens is 220 g/mol. The van der Waals surface area contributed by atoms with Crippen LogP contribution in [-0.2, 0) is 0 Å². The first kappa shape index (κ1) is 12.6. The van der Waals surface area contributed by atoms with Gasteiger partial charge in [-0.3, -0.25) is 0 Å². The van der Waals surface area contributed by atoms with Gasteiger partial charge in [0, 0.05) is 6.20 Å². The van der Waals surface area contributed by atoms with Crippen LogP contribution in [0.1, 0.15) is 36.2 Å². The lowest BCUT2D eigenvalue weighted by atomic mass is 9.94. The molecule has 0 aliphatic rings. The van der Waals surface area contributed by atoms with Gasteiger partial charge in [0.1, 0.15) is 0 Å². The summed E-state index contributed by atoms with van der Waals surface area (Å²) in [5.74, 6) is 0.451. The van der Waals surface area contributed by atoms with E-state index in [4.69, 9.17) is 0 Å². The lowest BCUT2D eigenvalue weighted by molar-refractivity contribution is 0.854. The molecule has 1 heterocycles. The summed E-state index contributed by atoms with van der Waals surface area (Å²) in [4.78, 5) is 7.40. The monoisotopic (exact) mass is 240 g/mol. The second-order valence-electron chi connectivity index (χ2n) is 5.01. The molecule has 1 aromatic heterocycles. The maximum absolute atomic E-state index is 4.37. The number of aryl methyl sites for hydroxylation is 2. The number of H-pyrrole nitrogens is 1. The van der Waals surface area contributed by atoms with E-state index >= 15 is 0 Å². The molecule has 0 saturated heterocycles. The average Bonchev–Trinajstić information content (AvgIpc) is 2.81. The highest BCUT2D eigenvalue weighted by Gasteiger charge is 2.10. The van der Waals surface area contributed by atoms with Crippen LogP contribution in [-0.4, -0.2) is 9.97 Å². The SMILES string of the molecule is Cc1cccc(C)c1C=C(c1c[nH]cn1)C(C)C. The number of aromatic nitrogens is 2. The van der Waals surface area contributed by atoms with Crippen molar-refractivity contribution in [2.75, 3.05) is 0 Å². The number of hydrogen-bond acceptors (Lipinski definition) is 1. The number of nitrogens with zero attached hydrogens (tertiary/aromatic N) is 1. The molecule has 2 heteroatoms. The Labute approximate surface area is 109 Å². The van der Waals surface area contributed by atoms with Gasteiger partial charge in [-0.05, 0) is 48.1 Å². The summed E-state index contributed by atoms with van der Waals surface area (Å²) in [5, 5.41) is 0. The van der Waals surface area contributed by atoms with Crippen molar-refractivity contribution < 1.29 is 0 Å². The predicted molar refractivity (Wildman–Crippen MR) is 77.2 cm³/mol. The van der Waals surface area contributed by atoms with Gasteiger partial charge in [-0.2, -0.15) is 0 Å². The molecule has 0 atom stereocenters. The molecule has 0 spiro atoms. The lowest BCUT2D eigenvalue weighted by Crippen LogP contribution is -1.96. The molecule has 0 fully saturated rings. The smallest absolute Gasteiger partial charge is 0.0927 e. The maximum Gasteiger partial charge on any atom is 0.0927 e. The fourth-order valence-corrected chi connectivity index (χ4v) is 2.17. The average molecular weight is 240 g/mol. The van der Waals surface area contributed by atoms with E-state index in [0.29, 0.717) is 5.92 Å². The summed E-state index contributed by atoms with van der Waals surface area (Å²) in [6.07, 6.45) is 5.96. The second kappa shape index (κ2) is 5.21. The van der Waals surface area contributed by atoms with Gasteiger partial charge in [0.15, 0.2) is 0 Å². The summed E-state index contributed by atoms with van der Waals surface area (Å²) in [7, 11) is 0. The van der Waals surface area contributed by atoms with Crippen LogP contribution in [0.15, 0.2) is 30.7 Å². The number of rotatable bonds is 3. The van der Waals surface area contributed by atoms with E-state index in [1.807, 2.05) is 6.20 Å². The molecule has 0 aliphatic carbocycles. The topological polar surface area (TPSA) is 28.7 Å². The van der Waals surface area contributed by atoms with E-state index < -0.39 is 0 Å². The largest absolute Gasteiger partial charge is 0.351 e. The Morgan fingerprint density at radius 2 is 1.89 bits per heavy atom. The first-order valence-corrected chi connectivity index (χ1v) is 6.36. The molecule has 0 amide bonds. The summed E-state index contributed by atoms with van der Waals surface area (Å²) < 4.78 is 0. The molecule has 1 N–H and O–H groups in total. The van der Waals surface area contributed by atoms with E-state index in [9.17, 15) is 0 Å². The zero-order valence-electron chi connectivity index (χ0n) is 11.5. The Bertz CT molecular complexity index is 528. The van der Waals surface area contributed by atoms with E-state index in [1.54, 1.807) is 6.33 Å². The standard InChI is InChI=1S/C16H20N2/c1-11(2)14(16-9-17-10-18-16)8-15-12(3)6-5-7-13(15)4/h5-11H,1-4H3,(H,17,18). The van der Waals surface area contributed by atoms with Crippen molar-refractivity contribution in [3.8, 4) is 0 Å². The molecule has 2 nitrogen and oxygen atoms in total. The van der Waals surface area contributed by atoms with E-state index in [0.717, 1.165) is 5.69 Å². The third-order valence-electron chi connectivity index (χ3n) is 3.26. The van der Waals surface area contributed by atoms with Crippen molar-refractivity contribution >= 4 is 11.6 Å². The summed E-state index contributed by atoms with van der Waals surface area (Å²) in [6, 6.07) is 6.41. The van der Waals surface area contributed by atoms with Gasteiger partial charge in [-0.15, -0.1) is 0 Å². The third-order valence-corrected chi connectivity index (χ3v) is 3.26. The van der Waals surface area contributed by atoms with Crippen molar-refractivity contribution in [1.29, 1.82) is 0 Å². The molecule has 0 bridgehead atoms. The van der Waals surface area contributed by atoms with Gasteiger partial charge < -0.3 is 4.98 Å². The minimum Gasteiger partial charge on any atom is -0.351 e. The van der Waals surface area contributed by atoms with E-state index in [1.165, 1.54) is 22.3 Å². The quantitative estimate of drug-likeness (QED) is 0.854. The van der Waals surface area contributed by atoms with Gasteiger partial charge in [0.25, 0.3) is 0 Å². The van der Waals surface area contributed by atoms with Gasteiger partial charge >= 0.3 is 0 Å². The van der Waals surface area contributed by atoms with Crippen molar-refractivity contribution in [3.05, 3.63) is 53.1 Å². The third kappa shape index (κ3) is 2.53. The fourth-order valence-electron chi connectivity index (χ4n) is 2.17. The Morgan fingerprint density at radius 3 is 2.39 bits per heavy atom. The first-order chi connectivity index (χ1) is 8.59. The van der Waals surface area contributed by atoms with E-state index in [2.05, 4.69) is 61.9 Å². The predicted octanol–water partition coefficient (Wildman–Crippen LogP) is 4.22. The van der Waals surface area contributed by atoms with E-state index in [-0.39, 0.29) is 0 Å². The van der Waals surface area contributed by atoms with Gasteiger partial charge in [0.05, 0.1) is 12.0 Å². The molecule has 0 saturated carbocycles. The van der Waals surface area contributed by atoms with Crippen LogP contribution < -0.4 is 0 Å². The number of aromatic amines is 1. The summed E-state index contributed by atoms with van der Waals surface area (Å²) >= 11 is 0. The van der Waals surface area contributed by atoms with Crippen LogP contribution in [0, 0.1) is 19.8 Å². The van der Waals surface area contributed by atoms with Crippen LogP contribution >= 0.6 is 0 Å². The highest BCUT2D eigenvalue weighted by Crippen LogP contribution is 2.26. The van der Waals surface area contributed by atoms with Crippen molar-refractivity contribution in [2.45, 2.75) is 27.7 Å².